The van der Waals surface area contributed by atoms with Gasteiger partial charge in [0.1, 0.15) is 5.75 Å². The van der Waals surface area contributed by atoms with E-state index in [4.69, 9.17) is 10.5 Å². The lowest BCUT2D eigenvalue weighted by Gasteiger charge is -2.47. The molecule has 1 aromatic rings. The van der Waals surface area contributed by atoms with Crippen LogP contribution in [0.1, 0.15) is 32.1 Å². The van der Waals surface area contributed by atoms with Crippen molar-refractivity contribution < 1.29 is 4.74 Å². The average Bonchev–Trinajstić information content (AvgIpc) is 2.39. The number of rotatable bonds is 3. The first-order chi connectivity index (χ1) is 9.65. The molecule has 2 atom stereocenters. The van der Waals surface area contributed by atoms with E-state index in [2.05, 4.69) is 17.3 Å². The lowest BCUT2D eigenvalue weighted by Crippen LogP contribution is -2.52. The van der Waals surface area contributed by atoms with Crippen LogP contribution in [0.3, 0.4) is 0 Å². The smallest absolute Gasteiger partial charge is 0.122 e. The highest BCUT2D eigenvalue weighted by atomic mass is 16.5. The lowest BCUT2D eigenvalue weighted by atomic mass is 9.82. The zero-order valence-corrected chi connectivity index (χ0v) is 12.4. The highest BCUT2D eigenvalue weighted by Gasteiger charge is 2.35. The molecule has 110 valence electrons. The summed E-state index contributed by atoms with van der Waals surface area (Å²) in [5.74, 6) is 0.820. The van der Waals surface area contributed by atoms with Crippen LogP contribution in [-0.4, -0.2) is 37.2 Å². The van der Waals surface area contributed by atoms with Crippen molar-refractivity contribution in [3.05, 3.63) is 18.2 Å². The molecule has 3 rings (SSSR count). The van der Waals surface area contributed by atoms with Gasteiger partial charge in [-0.2, -0.15) is 0 Å². The van der Waals surface area contributed by atoms with Gasteiger partial charge in [-0.1, -0.05) is 6.42 Å². The Morgan fingerprint density at radius 1 is 1.20 bits per heavy atom. The maximum absolute atomic E-state index is 5.93. The predicted molar refractivity (Wildman–Crippen MR) is 83.2 cm³/mol. The van der Waals surface area contributed by atoms with Crippen LogP contribution in [0.2, 0.25) is 0 Å². The van der Waals surface area contributed by atoms with Crippen molar-refractivity contribution in [2.75, 3.05) is 25.2 Å². The van der Waals surface area contributed by atoms with Crippen molar-refractivity contribution in [2.45, 2.75) is 50.2 Å². The first kappa shape index (κ1) is 13.6. The van der Waals surface area contributed by atoms with Crippen LogP contribution in [0.25, 0.3) is 0 Å². The van der Waals surface area contributed by atoms with Gasteiger partial charge in [-0.15, -0.1) is 0 Å². The van der Waals surface area contributed by atoms with Crippen LogP contribution >= 0.6 is 0 Å². The molecule has 4 heteroatoms. The second-order valence-electron chi connectivity index (χ2n) is 6.21. The molecule has 2 heterocycles. The third kappa shape index (κ3) is 2.70. The molecule has 2 saturated heterocycles. The quantitative estimate of drug-likeness (QED) is 0.833. The van der Waals surface area contributed by atoms with Gasteiger partial charge in [0, 0.05) is 41.6 Å². The summed E-state index contributed by atoms with van der Waals surface area (Å²) in [6.07, 6.45) is 6.52. The third-order valence-electron chi connectivity index (χ3n) is 4.88. The van der Waals surface area contributed by atoms with Gasteiger partial charge in [-0.25, -0.2) is 0 Å². The Hall–Kier alpha value is -1.42. The second-order valence-corrected chi connectivity index (χ2v) is 6.21. The Labute approximate surface area is 121 Å². The summed E-state index contributed by atoms with van der Waals surface area (Å²) in [7, 11) is 3.97. The summed E-state index contributed by atoms with van der Waals surface area (Å²) >= 11 is 0. The zero-order chi connectivity index (χ0) is 14.1. The van der Waals surface area contributed by atoms with Gasteiger partial charge in [0.25, 0.3) is 0 Å². The van der Waals surface area contributed by atoms with E-state index in [1.165, 1.54) is 32.1 Å². The summed E-state index contributed by atoms with van der Waals surface area (Å²) < 4.78 is 5.29. The van der Waals surface area contributed by atoms with Crippen molar-refractivity contribution in [1.29, 1.82) is 0 Å². The van der Waals surface area contributed by atoms with Gasteiger partial charge < -0.3 is 20.7 Å². The molecule has 0 radical (unpaired) electrons. The topological polar surface area (TPSA) is 50.5 Å². The van der Waals surface area contributed by atoms with Crippen molar-refractivity contribution in [3.8, 4) is 5.75 Å². The van der Waals surface area contributed by atoms with Crippen molar-refractivity contribution >= 4 is 11.4 Å². The fourth-order valence-electron chi connectivity index (χ4n) is 3.79. The van der Waals surface area contributed by atoms with Gasteiger partial charge in [-0.3, -0.25) is 0 Å². The highest BCUT2D eigenvalue weighted by molar-refractivity contribution is 5.59. The van der Waals surface area contributed by atoms with Gasteiger partial charge in [0.15, 0.2) is 0 Å². The molecular formula is C16H25N3O. The van der Waals surface area contributed by atoms with Crippen molar-refractivity contribution in [2.24, 2.45) is 0 Å². The first-order valence-corrected chi connectivity index (χ1v) is 7.58. The van der Waals surface area contributed by atoms with E-state index in [-0.39, 0.29) is 0 Å². The first-order valence-electron chi connectivity index (χ1n) is 7.58. The zero-order valence-electron chi connectivity index (χ0n) is 12.4. The number of hydrogen-bond acceptors (Lipinski definition) is 4. The molecule has 4 nitrogen and oxygen atoms in total. The number of hydrogen-bond donors (Lipinski definition) is 2. The number of benzene rings is 1. The number of nitrogens with zero attached hydrogens (tertiary/aromatic N) is 1. The molecule has 2 fully saturated rings. The van der Waals surface area contributed by atoms with E-state index in [0.717, 1.165) is 29.2 Å². The van der Waals surface area contributed by atoms with E-state index in [0.29, 0.717) is 6.04 Å². The van der Waals surface area contributed by atoms with Crippen molar-refractivity contribution in [3.63, 3.8) is 0 Å². The molecule has 1 aromatic carbocycles. The maximum Gasteiger partial charge on any atom is 0.122 e. The Kier molecular flexibility index (Phi) is 3.74. The maximum atomic E-state index is 5.93. The summed E-state index contributed by atoms with van der Waals surface area (Å²) in [6.45, 7) is 0. The number of fused-ring (bicyclic) bond motifs is 2. The predicted octanol–water partition coefficient (Wildman–Crippen LogP) is 2.70. The number of nitrogens with two attached hydrogens (primary N) is 1. The summed E-state index contributed by atoms with van der Waals surface area (Å²) in [5.41, 5.74) is 7.75. The fraction of sp³-hybridized carbons (Fsp3) is 0.625. The molecule has 0 saturated carbocycles. The molecule has 0 aliphatic carbocycles. The number of piperidine rings is 2. The third-order valence-corrected chi connectivity index (χ3v) is 4.88. The van der Waals surface area contributed by atoms with E-state index in [1.807, 2.05) is 18.2 Å². The number of nitrogens with one attached hydrogen (secondary N) is 1. The van der Waals surface area contributed by atoms with Gasteiger partial charge in [0.05, 0.1) is 7.11 Å². The molecule has 2 aliphatic heterocycles. The van der Waals surface area contributed by atoms with E-state index >= 15 is 0 Å². The monoisotopic (exact) mass is 275 g/mol. The number of nitrogen functional groups attached to an aromatic ring is 1. The van der Waals surface area contributed by atoms with Crippen LogP contribution in [0.5, 0.6) is 5.75 Å². The Morgan fingerprint density at radius 3 is 2.55 bits per heavy atom. The highest BCUT2D eigenvalue weighted by Crippen LogP contribution is 2.34. The summed E-state index contributed by atoms with van der Waals surface area (Å²) in [6, 6.07) is 7.91. The minimum absolute atomic E-state index is 0.549. The molecular weight excluding hydrogens is 250 g/mol. The van der Waals surface area contributed by atoms with Crippen LogP contribution in [0.15, 0.2) is 18.2 Å². The van der Waals surface area contributed by atoms with E-state index in [9.17, 15) is 0 Å². The lowest BCUT2D eigenvalue weighted by molar-refractivity contribution is 0.0608. The van der Waals surface area contributed by atoms with E-state index in [1.54, 1.807) is 7.11 Å². The second kappa shape index (κ2) is 5.52. The molecule has 2 unspecified atom stereocenters. The van der Waals surface area contributed by atoms with Gasteiger partial charge in [-0.05, 0) is 38.8 Å². The molecule has 2 aliphatic rings. The van der Waals surface area contributed by atoms with Crippen LogP contribution < -0.4 is 15.8 Å². The number of anilines is 2. The summed E-state index contributed by atoms with van der Waals surface area (Å²) in [4.78, 5) is 2.58. The van der Waals surface area contributed by atoms with Crippen molar-refractivity contribution in [1.82, 2.24) is 4.90 Å². The Morgan fingerprint density at radius 2 is 1.90 bits per heavy atom. The Bertz CT molecular complexity index is 463. The van der Waals surface area contributed by atoms with Crippen LogP contribution in [-0.2, 0) is 0 Å². The largest absolute Gasteiger partial charge is 0.497 e. The van der Waals surface area contributed by atoms with E-state index < -0.39 is 0 Å². The summed E-state index contributed by atoms with van der Waals surface area (Å²) in [5, 5.41) is 3.66. The van der Waals surface area contributed by atoms with Crippen LogP contribution in [0, 0.1) is 0 Å². The SMILES string of the molecule is COc1cc(N)cc(NC2CC3CCCC(C2)N3C)c1. The van der Waals surface area contributed by atoms with Crippen LogP contribution in [0.4, 0.5) is 11.4 Å². The number of methoxy groups -OCH3 is 1. The minimum atomic E-state index is 0.549. The minimum Gasteiger partial charge on any atom is -0.497 e. The fourth-order valence-corrected chi connectivity index (χ4v) is 3.79. The molecule has 20 heavy (non-hydrogen) atoms. The standard InChI is InChI=1S/C16H25N3O/c1-19-14-4-3-5-15(19)9-13(8-14)18-12-6-11(17)7-16(10-12)20-2/h6-7,10,13-15,18H,3-5,8-9,17H2,1-2H3. The molecule has 3 N–H and O–H groups in total. The van der Waals surface area contributed by atoms with Gasteiger partial charge in [0.2, 0.25) is 0 Å². The molecule has 0 aromatic heterocycles. The van der Waals surface area contributed by atoms with Gasteiger partial charge >= 0.3 is 0 Å². The molecule has 0 spiro atoms. The molecule has 2 bridgehead atoms. The molecule has 0 amide bonds. The average molecular weight is 275 g/mol. The normalized spacial score (nSPS) is 30.0. The Balaban J connectivity index is 1.70. The number of ether oxygens (including phenoxy) is 1.